The minimum atomic E-state index is -1.01. The van der Waals surface area contributed by atoms with Gasteiger partial charge in [-0.05, 0) is 0 Å². The molecule has 0 amide bonds. The summed E-state index contributed by atoms with van der Waals surface area (Å²) in [6.07, 6.45) is 4.95. The second kappa shape index (κ2) is 4.16. The number of rotatable bonds is 2. The van der Waals surface area contributed by atoms with Crippen LogP contribution in [0.1, 0.15) is 18.0 Å². The summed E-state index contributed by atoms with van der Waals surface area (Å²) >= 11 is 0. The van der Waals surface area contributed by atoms with Crippen LogP contribution in [-0.4, -0.2) is 0 Å². The van der Waals surface area contributed by atoms with E-state index < -0.39 is 23.5 Å². The van der Waals surface area contributed by atoms with E-state index in [1.54, 1.807) is 0 Å². The Labute approximate surface area is 79.7 Å². The van der Waals surface area contributed by atoms with Crippen molar-refractivity contribution >= 4 is 0 Å². The first-order valence-corrected chi connectivity index (χ1v) is 3.89. The van der Waals surface area contributed by atoms with Crippen molar-refractivity contribution in [1.82, 2.24) is 0 Å². The smallest absolute Gasteiger partial charge is 0.133 e. The third-order valence-corrected chi connectivity index (χ3v) is 1.75. The summed E-state index contributed by atoms with van der Waals surface area (Å²) < 4.78 is 38.6. The van der Waals surface area contributed by atoms with E-state index in [1.165, 1.54) is 0 Å². The molecule has 0 saturated heterocycles. The van der Waals surface area contributed by atoms with Crippen LogP contribution < -0.4 is 5.73 Å². The highest BCUT2D eigenvalue weighted by atomic mass is 19.1. The molecular weight excluding hydrogens is 191 g/mol. The Bertz CT molecular complexity index is 358. The van der Waals surface area contributed by atoms with Crippen molar-refractivity contribution in [2.24, 2.45) is 5.73 Å². The zero-order valence-electron chi connectivity index (χ0n) is 7.23. The first-order valence-electron chi connectivity index (χ1n) is 3.89. The summed E-state index contributed by atoms with van der Waals surface area (Å²) in [7, 11) is 0. The predicted molar refractivity (Wildman–Crippen MR) is 46.7 cm³/mol. The van der Waals surface area contributed by atoms with Crippen LogP contribution >= 0.6 is 0 Å². The fourth-order valence-electron chi connectivity index (χ4n) is 1.14. The maximum absolute atomic E-state index is 13.1. The van der Waals surface area contributed by atoms with Crippen LogP contribution in [0.5, 0.6) is 0 Å². The molecule has 14 heavy (non-hydrogen) atoms. The highest BCUT2D eigenvalue weighted by Gasteiger charge is 2.17. The van der Waals surface area contributed by atoms with Crippen LogP contribution in [0.15, 0.2) is 12.1 Å². The fourth-order valence-corrected chi connectivity index (χ4v) is 1.14. The Morgan fingerprint density at radius 1 is 1.29 bits per heavy atom. The van der Waals surface area contributed by atoms with E-state index in [9.17, 15) is 13.2 Å². The lowest BCUT2D eigenvalue weighted by molar-refractivity contribution is 0.505. The largest absolute Gasteiger partial charge is 0.323 e. The highest BCUT2D eigenvalue weighted by Crippen LogP contribution is 2.22. The van der Waals surface area contributed by atoms with Gasteiger partial charge in [-0.2, -0.15) is 0 Å². The molecule has 1 rings (SSSR count). The molecule has 4 heteroatoms. The van der Waals surface area contributed by atoms with Crippen LogP contribution in [0, 0.1) is 29.8 Å². The van der Waals surface area contributed by atoms with E-state index >= 15 is 0 Å². The number of hydrogen-bond acceptors (Lipinski definition) is 1. The van der Waals surface area contributed by atoms with Gasteiger partial charge in [0.25, 0.3) is 0 Å². The van der Waals surface area contributed by atoms with Crippen molar-refractivity contribution in [3.8, 4) is 12.3 Å². The number of hydrogen-bond donors (Lipinski definition) is 1. The Morgan fingerprint density at radius 3 is 2.21 bits per heavy atom. The van der Waals surface area contributed by atoms with E-state index in [2.05, 4.69) is 5.92 Å². The highest BCUT2D eigenvalue weighted by molar-refractivity contribution is 5.24. The average Bonchev–Trinajstić information content (AvgIpc) is 2.01. The normalized spacial score (nSPS) is 12.2. The SMILES string of the molecule is C#CCC(N)c1c(F)cc(F)cc1F. The summed E-state index contributed by atoms with van der Waals surface area (Å²) in [5, 5.41) is 0. The molecule has 0 aromatic heterocycles. The number of terminal acetylenes is 1. The summed E-state index contributed by atoms with van der Waals surface area (Å²) in [5.41, 5.74) is 5.04. The molecule has 0 aliphatic rings. The predicted octanol–water partition coefficient (Wildman–Crippen LogP) is 2.13. The molecule has 1 aromatic carbocycles. The van der Waals surface area contributed by atoms with E-state index in [0.717, 1.165) is 0 Å². The average molecular weight is 199 g/mol. The zero-order chi connectivity index (χ0) is 10.7. The molecule has 0 spiro atoms. The van der Waals surface area contributed by atoms with E-state index in [4.69, 9.17) is 12.2 Å². The van der Waals surface area contributed by atoms with Gasteiger partial charge in [0.2, 0.25) is 0 Å². The van der Waals surface area contributed by atoms with Gasteiger partial charge in [0.15, 0.2) is 0 Å². The minimum absolute atomic E-state index is 0.000523. The summed E-state index contributed by atoms with van der Waals surface area (Å²) in [4.78, 5) is 0. The lowest BCUT2D eigenvalue weighted by Crippen LogP contribution is -2.13. The second-order valence-electron chi connectivity index (χ2n) is 2.80. The molecule has 0 heterocycles. The van der Waals surface area contributed by atoms with Gasteiger partial charge in [0.05, 0.1) is 0 Å². The van der Waals surface area contributed by atoms with Gasteiger partial charge in [0, 0.05) is 30.2 Å². The van der Waals surface area contributed by atoms with Gasteiger partial charge in [-0.15, -0.1) is 12.3 Å². The van der Waals surface area contributed by atoms with Crippen LogP contribution in [0.4, 0.5) is 13.2 Å². The molecule has 0 saturated carbocycles. The Hall–Kier alpha value is -1.47. The van der Waals surface area contributed by atoms with Crippen molar-refractivity contribution in [3.63, 3.8) is 0 Å². The molecule has 1 aromatic rings. The molecule has 1 nitrogen and oxygen atoms in total. The fraction of sp³-hybridized carbons (Fsp3) is 0.200. The Morgan fingerprint density at radius 2 is 1.79 bits per heavy atom. The molecule has 2 N–H and O–H groups in total. The molecule has 0 bridgehead atoms. The van der Waals surface area contributed by atoms with Gasteiger partial charge in [-0.25, -0.2) is 13.2 Å². The lowest BCUT2D eigenvalue weighted by atomic mass is 10.0. The van der Waals surface area contributed by atoms with Crippen molar-refractivity contribution in [2.75, 3.05) is 0 Å². The standard InChI is InChI=1S/C10H8F3N/c1-2-3-9(14)10-7(12)4-6(11)5-8(10)13/h1,4-5,9H,3,14H2. The molecular formula is C10H8F3N. The van der Waals surface area contributed by atoms with Gasteiger partial charge in [-0.1, -0.05) is 0 Å². The van der Waals surface area contributed by atoms with Crippen molar-refractivity contribution < 1.29 is 13.2 Å². The molecule has 0 fully saturated rings. The lowest BCUT2D eigenvalue weighted by Gasteiger charge is -2.10. The van der Waals surface area contributed by atoms with Crippen molar-refractivity contribution in [3.05, 3.63) is 35.1 Å². The first kappa shape index (κ1) is 10.6. The van der Waals surface area contributed by atoms with E-state index in [1.807, 2.05) is 0 Å². The third kappa shape index (κ3) is 2.06. The van der Waals surface area contributed by atoms with Gasteiger partial charge < -0.3 is 5.73 Å². The maximum atomic E-state index is 13.1. The molecule has 0 aliphatic carbocycles. The monoisotopic (exact) mass is 199 g/mol. The van der Waals surface area contributed by atoms with Crippen LogP contribution in [0.25, 0.3) is 0 Å². The Balaban J connectivity index is 3.15. The van der Waals surface area contributed by atoms with Crippen molar-refractivity contribution in [2.45, 2.75) is 12.5 Å². The minimum Gasteiger partial charge on any atom is -0.323 e. The first-order chi connectivity index (χ1) is 6.56. The molecule has 0 aliphatic heterocycles. The maximum Gasteiger partial charge on any atom is 0.133 e. The second-order valence-corrected chi connectivity index (χ2v) is 2.80. The topological polar surface area (TPSA) is 26.0 Å². The molecule has 1 atom stereocenters. The number of nitrogens with two attached hydrogens (primary N) is 1. The van der Waals surface area contributed by atoms with Gasteiger partial charge in [-0.3, -0.25) is 0 Å². The Kier molecular flexibility index (Phi) is 3.15. The summed E-state index contributed by atoms with van der Waals surface area (Å²) in [6.45, 7) is 0. The zero-order valence-corrected chi connectivity index (χ0v) is 7.23. The van der Waals surface area contributed by atoms with Crippen LogP contribution in [-0.2, 0) is 0 Å². The summed E-state index contributed by atoms with van der Waals surface area (Å²) in [6, 6.07) is 0.212. The van der Waals surface area contributed by atoms with Crippen LogP contribution in [0.2, 0.25) is 0 Å². The van der Waals surface area contributed by atoms with E-state index in [0.29, 0.717) is 12.1 Å². The van der Waals surface area contributed by atoms with Crippen LogP contribution in [0.3, 0.4) is 0 Å². The van der Waals surface area contributed by atoms with Gasteiger partial charge in [0.1, 0.15) is 17.5 Å². The molecule has 1 unspecified atom stereocenters. The number of halogens is 3. The third-order valence-electron chi connectivity index (χ3n) is 1.75. The summed E-state index contributed by atoms with van der Waals surface area (Å²) in [5.74, 6) is -0.810. The van der Waals surface area contributed by atoms with E-state index in [-0.39, 0.29) is 12.0 Å². The van der Waals surface area contributed by atoms with Gasteiger partial charge >= 0.3 is 0 Å². The molecule has 74 valence electrons. The quantitative estimate of drug-likeness (QED) is 0.725. The van der Waals surface area contributed by atoms with Crippen molar-refractivity contribution in [1.29, 1.82) is 0 Å². The number of benzene rings is 1. The molecule has 0 radical (unpaired) electrons.